The quantitative estimate of drug-likeness (QED) is 0.403. The van der Waals surface area contributed by atoms with Crippen molar-refractivity contribution in [2.75, 3.05) is 23.3 Å². The number of rotatable bonds is 6. The van der Waals surface area contributed by atoms with E-state index in [1.165, 1.54) is 24.3 Å². The van der Waals surface area contributed by atoms with Gasteiger partial charge in [0.1, 0.15) is 17.5 Å². The summed E-state index contributed by atoms with van der Waals surface area (Å²) in [6.45, 7) is 4.18. The number of para-hydroxylation sites is 2. The normalized spacial score (nSPS) is 18.1. The summed E-state index contributed by atoms with van der Waals surface area (Å²) in [6.07, 6.45) is 1.34. The van der Waals surface area contributed by atoms with Gasteiger partial charge in [-0.25, -0.2) is 13.2 Å². The van der Waals surface area contributed by atoms with Gasteiger partial charge in [0.2, 0.25) is 5.91 Å². The van der Waals surface area contributed by atoms with E-state index in [9.17, 15) is 22.8 Å². The van der Waals surface area contributed by atoms with Crippen molar-refractivity contribution in [2.24, 2.45) is 5.41 Å². The van der Waals surface area contributed by atoms with Gasteiger partial charge in [0.25, 0.3) is 0 Å². The van der Waals surface area contributed by atoms with Crippen LogP contribution in [0.25, 0.3) is 0 Å². The fourth-order valence-corrected chi connectivity index (χ4v) is 5.51. The molecule has 1 unspecified atom stereocenters. The number of benzene rings is 3. The molecule has 2 aliphatic rings. The number of ketones is 1. The van der Waals surface area contributed by atoms with Gasteiger partial charge in [0.15, 0.2) is 5.78 Å². The number of Topliss-reactive ketones (excluding diaryl/α,β-unsaturated/α-hetero) is 1. The highest BCUT2D eigenvalue weighted by Gasteiger charge is 2.42. The van der Waals surface area contributed by atoms with E-state index < -0.39 is 17.7 Å². The Kier molecular flexibility index (Phi) is 7.21. The van der Waals surface area contributed by atoms with Crippen molar-refractivity contribution in [1.29, 1.82) is 0 Å². The van der Waals surface area contributed by atoms with E-state index in [0.717, 1.165) is 11.6 Å². The molecule has 2 N–H and O–H groups in total. The number of hydrogen-bond acceptors (Lipinski definition) is 4. The zero-order chi connectivity index (χ0) is 27.7. The molecule has 0 spiro atoms. The number of nitrogens with zero attached hydrogens (tertiary/aromatic N) is 1. The molecule has 8 heteroatoms. The Labute approximate surface area is 225 Å². The molecule has 1 aliphatic heterocycles. The zero-order valence-electron chi connectivity index (χ0n) is 21.9. The minimum Gasteiger partial charge on any atom is -0.357 e. The van der Waals surface area contributed by atoms with Crippen LogP contribution in [-0.4, -0.2) is 24.8 Å². The largest absolute Gasteiger partial charge is 0.357 e. The SMILES string of the molecule is CC1(C)CC(=O)C2=C(C1)Nc1ccccc1N(CC(=O)NCCc1ccc(F)cc1)C2c1cc(F)cc(F)c1. The predicted molar refractivity (Wildman–Crippen MR) is 145 cm³/mol. The molecular weight excluding hydrogens is 503 g/mol. The van der Waals surface area contributed by atoms with Crippen molar-refractivity contribution >= 4 is 23.1 Å². The molecule has 0 saturated heterocycles. The van der Waals surface area contributed by atoms with Crippen molar-refractivity contribution in [3.63, 3.8) is 0 Å². The fourth-order valence-electron chi connectivity index (χ4n) is 5.51. The first-order chi connectivity index (χ1) is 18.6. The Balaban J connectivity index is 1.53. The molecule has 0 saturated carbocycles. The van der Waals surface area contributed by atoms with Crippen LogP contribution in [0, 0.1) is 22.9 Å². The maximum absolute atomic E-state index is 14.5. The number of hydrogen-bond donors (Lipinski definition) is 2. The summed E-state index contributed by atoms with van der Waals surface area (Å²) in [7, 11) is 0. The highest BCUT2D eigenvalue weighted by Crippen LogP contribution is 2.48. The van der Waals surface area contributed by atoms with Crippen LogP contribution in [-0.2, 0) is 16.0 Å². The second-order valence-corrected chi connectivity index (χ2v) is 10.9. The number of carbonyl (C=O) groups excluding carboxylic acids is 2. The topological polar surface area (TPSA) is 61.4 Å². The first-order valence-corrected chi connectivity index (χ1v) is 13.0. The van der Waals surface area contributed by atoms with E-state index in [1.54, 1.807) is 17.0 Å². The van der Waals surface area contributed by atoms with Gasteiger partial charge in [-0.15, -0.1) is 0 Å². The summed E-state index contributed by atoms with van der Waals surface area (Å²) >= 11 is 0. The number of amides is 1. The van der Waals surface area contributed by atoms with Crippen LogP contribution in [0.4, 0.5) is 24.5 Å². The van der Waals surface area contributed by atoms with Crippen molar-refractivity contribution < 1.29 is 22.8 Å². The first kappa shape index (κ1) is 26.5. The van der Waals surface area contributed by atoms with E-state index in [0.29, 0.717) is 42.0 Å². The third kappa shape index (κ3) is 5.85. The van der Waals surface area contributed by atoms with Crippen molar-refractivity contribution in [2.45, 2.75) is 39.2 Å². The Morgan fingerprint density at radius 2 is 1.67 bits per heavy atom. The zero-order valence-corrected chi connectivity index (χ0v) is 21.9. The Bertz CT molecular complexity index is 1430. The number of anilines is 2. The maximum atomic E-state index is 14.5. The average Bonchev–Trinajstić information content (AvgIpc) is 2.98. The number of nitrogens with one attached hydrogen (secondary N) is 2. The highest BCUT2D eigenvalue weighted by molar-refractivity contribution is 6.01. The lowest BCUT2D eigenvalue weighted by Crippen LogP contribution is -2.42. The Morgan fingerprint density at radius 3 is 2.38 bits per heavy atom. The predicted octanol–water partition coefficient (Wildman–Crippen LogP) is 6.08. The number of fused-ring (bicyclic) bond motifs is 1. The molecule has 0 fully saturated rings. The van der Waals surface area contributed by atoms with Crippen LogP contribution in [0.5, 0.6) is 0 Å². The molecule has 1 amide bonds. The van der Waals surface area contributed by atoms with Gasteiger partial charge in [-0.2, -0.15) is 0 Å². The van der Waals surface area contributed by atoms with Gasteiger partial charge < -0.3 is 15.5 Å². The molecule has 1 aliphatic carbocycles. The molecule has 39 heavy (non-hydrogen) atoms. The van der Waals surface area contributed by atoms with E-state index in [2.05, 4.69) is 10.6 Å². The molecule has 1 atom stereocenters. The summed E-state index contributed by atoms with van der Waals surface area (Å²) in [6, 6.07) is 15.8. The molecule has 5 nitrogen and oxygen atoms in total. The van der Waals surface area contributed by atoms with Crippen molar-refractivity contribution in [3.8, 4) is 0 Å². The van der Waals surface area contributed by atoms with E-state index in [-0.39, 0.29) is 41.5 Å². The van der Waals surface area contributed by atoms with Crippen LogP contribution >= 0.6 is 0 Å². The van der Waals surface area contributed by atoms with Crippen LogP contribution in [0.1, 0.15) is 43.9 Å². The van der Waals surface area contributed by atoms with Crippen LogP contribution < -0.4 is 15.5 Å². The van der Waals surface area contributed by atoms with E-state index in [4.69, 9.17) is 0 Å². The second kappa shape index (κ2) is 10.6. The van der Waals surface area contributed by atoms with Crippen molar-refractivity contribution in [1.82, 2.24) is 5.32 Å². The number of allylic oxidation sites excluding steroid dienone is 1. The molecular formula is C31H30F3N3O2. The average molecular weight is 534 g/mol. The second-order valence-electron chi connectivity index (χ2n) is 10.9. The maximum Gasteiger partial charge on any atom is 0.239 e. The Hall–Kier alpha value is -4.07. The molecule has 0 bridgehead atoms. The van der Waals surface area contributed by atoms with Gasteiger partial charge >= 0.3 is 0 Å². The van der Waals surface area contributed by atoms with Crippen LogP contribution in [0.3, 0.4) is 0 Å². The molecule has 5 rings (SSSR count). The first-order valence-electron chi connectivity index (χ1n) is 13.0. The van der Waals surface area contributed by atoms with Gasteiger partial charge in [-0.1, -0.05) is 38.1 Å². The number of halogens is 3. The minimum absolute atomic E-state index is 0.127. The summed E-state index contributed by atoms with van der Waals surface area (Å²) in [4.78, 5) is 28.6. The molecule has 0 radical (unpaired) electrons. The van der Waals surface area contributed by atoms with Crippen LogP contribution in [0.2, 0.25) is 0 Å². The number of carbonyl (C=O) groups is 2. The summed E-state index contributed by atoms with van der Waals surface area (Å²) < 4.78 is 42.2. The van der Waals surface area contributed by atoms with Gasteiger partial charge in [-0.3, -0.25) is 9.59 Å². The smallest absolute Gasteiger partial charge is 0.239 e. The lowest BCUT2D eigenvalue weighted by atomic mass is 9.73. The molecule has 1 heterocycles. The van der Waals surface area contributed by atoms with E-state index in [1.807, 2.05) is 38.1 Å². The molecule has 202 valence electrons. The molecule has 3 aromatic rings. The summed E-state index contributed by atoms with van der Waals surface area (Å²) in [5.74, 6) is -2.29. The molecule has 3 aromatic carbocycles. The van der Waals surface area contributed by atoms with Gasteiger partial charge in [-0.05, 0) is 65.8 Å². The Morgan fingerprint density at radius 1 is 0.974 bits per heavy atom. The summed E-state index contributed by atoms with van der Waals surface area (Å²) in [5, 5.41) is 6.31. The molecule has 0 aromatic heterocycles. The third-order valence-corrected chi connectivity index (χ3v) is 7.17. The minimum atomic E-state index is -0.882. The van der Waals surface area contributed by atoms with Crippen LogP contribution in [0.15, 0.2) is 78.0 Å². The van der Waals surface area contributed by atoms with E-state index >= 15 is 0 Å². The highest BCUT2D eigenvalue weighted by atomic mass is 19.1. The van der Waals surface area contributed by atoms with Gasteiger partial charge in [0.05, 0.1) is 24.0 Å². The monoisotopic (exact) mass is 533 g/mol. The summed E-state index contributed by atoms with van der Waals surface area (Å²) in [5.41, 5.74) is 3.27. The fraction of sp³-hybridized carbons (Fsp3) is 0.290. The standard InChI is InChI=1S/C31H30F3N3O2/c1-31(2)16-25-29(27(38)17-31)30(20-13-22(33)15-23(34)14-20)37(26-6-4-3-5-24(26)36-25)18-28(39)35-12-11-19-7-9-21(32)10-8-19/h3-10,13-15,30,36H,11-12,16-18H2,1-2H3,(H,35,39). The lowest BCUT2D eigenvalue weighted by Gasteiger charge is -2.37. The van der Waals surface area contributed by atoms with Gasteiger partial charge in [0, 0.05) is 30.3 Å². The third-order valence-electron chi connectivity index (χ3n) is 7.17. The van der Waals surface area contributed by atoms with Crippen molar-refractivity contribution in [3.05, 3.63) is 107 Å². The lowest BCUT2D eigenvalue weighted by molar-refractivity contribution is -0.120.